The fourth-order valence-electron chi connectivity index (χ4n) is 1.04. The van der Waals surface area contributed by atoms with Crippen molar-refractivity contribution in [3.05, 3.63) is 10.7 Å². The predicted molar refractivity (Wildman–Crippen MR) is 63.4 cm³/mol. The van der Waals surface area contributed by atoms with Crippen molar-refractivity contribution in [2.45, 2.75) is 13.0 Å². The van der Waals surface area contributed by atoms with E-state index in [2.05, 4.69) is 36.5 Å². The van der Waals surface area contributed by atoms with Crippen LogP contribution in [0.5, 0.6) is 5.88 Å². The summed E-state index contributed by atoms with van der Waals surface area (Å²) in [4.78, 5) is 19.4. The molecule has 7 heteroatoms. The van der Waals surface area contributed by atoms with Crippen LogP contribution in [0.2, 0.25) is 0 Å². The number of anilines is 1. The van der Waals surface area contributed by atoms with Crippen LogP contribution in [-0.4, -0.2) is 36.1 Å². The number of methoxy groups -OCH3 is 1. The minimum atomic E-state index is -0.407. The smallest absolute Gasteiger partial charge is 0.242 e. The summed E-state index contributed by atoms with van der Waals surface area (Å²) >= 11 is 3.24. The zero-order chi connectivity index (χ0) is 12.1. The number of hydrogen-bond donors (Lipinski definition) is 2. The highest BCUT2D eigenvalue weighted by Crippen LogP contribution is 2.21. The number of hydrogen-bond acceptors (Lipinski definition) is 5. The third-order valence-corrected chi connectivity index (χ3v) is 2.43. The van der Waals surface area contributed by atoms with Crippen LogP contribution in [0.25, 0.3) is 0 Å². The van der Waals surface area contributed by atoms with Crippen molar-refractivity contribution < 1.29 is 9.53 Å². The number of ether oxygens (including phenoxy) is 1. The first kappa shape index (κ1) is 12.7. The van der Waals surface area contributed by atoms with Crippen LogP contribution in [0.3, 0.4) is 0 Å². The highest BCUT2D eigenvalue weighted by atomic mass is 79.9. The molecule has 1 unspecified atom stereocenters. The van der Waals surface area contributed by atoms with E-state index in [0.29, 0.717) is 16.3 Å². The number of carbonyl (C=O) groups is 1. The van der Waals surface area contributed by atoms with Crippen LogP contribution in [0, 0.1) is 0 Å². The molecule has 6 nitrogen and oxygen atoms in total. The maximum Gasteiger partial charge on any atom is 0.242 e. The second-order valence-corrected chi connectivity index (χ2v) is 3.89. The average molecular weight is 289 g/mol. The summed E-state index contributed by atoms with van der Waals surface area (Å²) in [5.74, 6) is 0.628. The summed E-state index contributed by atoms with van der Waals surface area (Å²) in [7, 11) is 3.09. The molecule has 0 saturated carbocycles. The van der Waals surface area contributed by atoms with Gasteiger partial charge in [0.15, 0.2) is 0 Å². The fraction of sp³-hybridized carbons (Fsp3) is 0.444. The molecule has 0 fully saturated rings. The molecule has 1 atom stereocenters. The Labute approximate surface area is 102 Å². The van der Waals surface area contributed by atoms with Gasteiger partial charge in [0.1, 0.15) is 6.04 Å². The second kappa shape index (κ2) is 5.64. The minimum absolute atomic E-state index is 0.134. The summed E-state index contributed by atoms with van der Waals surface area (Å²) in [5.41, 5.74) is 0. The lowest BCUT2D eigenvalue weighted by Gasteiger charge is -2.12. The van der Waals surface area contributed by atoms with E-state index in [0.717, 1.165) is 0 Å². The number of amides is 1. The molecule has 0 aliphatic rings. The van der Waals surface area contributed by atoms with Crippen LogP contribution < -0.4 is 15.4 Å². The monoisotopic (exact) mass is 288 g/mol. The molecular formula is C9H13BrN4O2. The maximum absolute atomic E-state index is 11.3. The molecule has 0 bridgehead atoms. The van der Waals surface area contributed by atoms with Gasteiger partial charge in [-0.1, -0.05) is 0 Å². The number of halogens is 1. The Kier molecular flexibility index (Phi) is 4.48. The van der Waals surface area contributed by atoms with Crippen molar-refractivity contribution in [3.63, 3.8) is 0 Å². The molecule has 1 aromatic heterocycles. The van der Waals surface area contributed by atoms with Gasteiger partial charge in [0.2, 0.25) is 17.7 Å². The van der Waals surface area contributed by atoms with Crippen molar-refractivity contribution in [3.8, 4) is 5.88 Å². The number of nitrogens with one attached hydrogen (secondary N) is 2. The van der Waals surface area contributed by atoms with Gasteiger partial charge in [-0.25, -0.2) is 4.98 Å². The van der Waals surface area contributed by atoms with Crippen LogP contribution in [0.1, 0.15) is 6.92 Å². The summed E-state index contributed by atoms with van der Waals surface area (Å²) < 4.78 is 5.68. The molecule has 0 aliphatic carbocycles. The summed E-state index contributed by atoms with van der Waals surface area (Å²) in [5, 5.41) is 5.39. The highest BCUT2D eigenvalue weighted by Gasteiger charge is 2.13. The van der Waals surface area contributed by atoms with E-state index in [9.17, 15) is 4.79 Å². The fourth-order valence-corrected chi connectivity index (χ4v) is 1.39. The van der Waals surface area contributed by atoms with E-state index < -0.39 is 6.04 Å². The highest BCUT2D eigenvalue weighted by molar-refractivity contribution is 9.10. The molecule has 1 aromatic rings. The van der Waals surface area contributed by atoms with Gasteiger partial charge in [0.05, 0.1) is 17.8 Å². The minimum Gasteiger partial charge on any atom is -0.480 e. The Bertz CT molecular complexity index is 386. The number of likely N-dealkylation sites (N-methyl/N-ethyl adjacent to an activating group) is 1. The number of carbonyl (C=O) groups excluding carboxylic acids is 1. The van der Waals surface area contributed by atoms with Crippen molar-refractivity contribution >= 4 is 27.8 Å². The van der Waals surface area contributed by atoms with E-state index in [1.165, 1.54) is 7.11 Å². The predicted octanol–water partition coefficient (Wildman–Crippen LogP) is 0.794. The lowest BCUT2D eigenvalue weighted by atomic mass is 10.3. The van der Waals surface area contributed by atoms with E-state index >= 15 is 0 Å². The number of rotatable bonds is 4. The van der Waals surface area contributed by atoms with Crippen molar-refractivity contribution in [2.75, 3.05) is 19.5 Å². The van der Waals surface area contributed by atoms with Gasteiger partial charge in [-0.05, 0) is 22.9 Å². The number of aromatic nitrogens is 2. The zero-order valence-electron chi connectivity index (χ0n) is 9.24. The largest absolute Gasteiger partial charge is 0.480 e. The number of nitrogens with zero attached hydrogens (tertiary/aromatic N) is 2. The Morgan fingerprint density at radius 3 is 2.88 bits per heavy atom. The molecular weight excluding hydrogens is 276 g/mol. The third kappa shape index (κ3) is 3.06. The molecule has 1 rings (SSSR count). The topological polar surface area (TPSA) is 76.1 Å². The van der Waals surface area contributed by atoms with E-state index in [1.54, 1.807) is 20.2 Å². The molecule has 1 amide bonds. The van der Waals surface area contributed by atoms with Gasteiger partial charge < -0.3 is 15.4 Å². The molecule has 0 spiro atoms. The molecule has 2 N–H and O–H groups in total. The Morgan fingerprint density at radius 2 is 2.31 bits per heavy atom. The van der Waals surface area contributed by atoms with Gasteiger partial charge in [0.25, 0.3) is 0 Å². The maximum atomic E-state index is 11.3. The zero-order valence-corrected chi connectivity index (χ0v) is 10.8. The normalized spacial score (nSPS) is 11.8. The lowest BCUT2D eigenvalue weighted by Crippen LogP contribution is -2.35. The van der Waals surface area contributed by atoms with Gasteiger partial charge in [0, 0.05) is 7.05 Å². The Balaban J connectivity index is 2.78. The first-order valence-corrected chi connectivity index (χ1v) is 5.42. The summed E-state index contributed by atoms with van der Waals surface area (Å²) in [6.45, 7) is 1.72. The quantitative estimate of drug-likeness (QED) is 0.857. The van der Waals surface area contributed by atoms with Crippen molar-refractivity contribution in [2.24, 2.45) is 0 Å². The van der Waals surface area contributed by atoms with Crippen molar-refractivity contribution in [1.29, 1.82) is 0 Å². The van der Waals surface area contributed by atoms with Gasteiger partial charge in [-0.3, -0.25) is 4.79 Å². The molecule has 0 aliphatic heterocycles. The molecule has 0 aromatic carbocycles. The molecule has 1 heterocycles. The first-order valence-electron chi connectivity index (χ1n) is 4.63. The van der Waals surface area contributed by atoms with E-state index in [-0.39, 0.29) is 5.91 Å². The first-order chi connectivity index (χ1) is 7.58. The second-order valence-electron chi connectivity index (χ2n) is 3.03. The van der Waals surface area contributed by atoms with Crippen LogP contribution in [-0.2, 0) is 4.79 Å². The van der Waals surface area contributed by atoms with Crippen LogP contribution >= 0.6 is 15.9 Å². The lowest BCUT2D eigenvalue weighted by molar-refractivity contribution is -0.121. The third-order valence-electron chi connectivity index (χ3n) is 1.89. The van der Waals surface area contributed by atoms with Crippen molar-refractivity contribution in [1.82, 2.24) is 15.3 Å². The van der Waals surface area contributed by atoms with E-state index in [4.69, 9.17) is 4.74 Å². The molecule has 0 radical (unpaired) electrons. The SMILES string of the molecule is CNC(=O)C(C)Nc1ncc(Br)c(OC)n1. The van der Waals surface area contributed by atoms with Gasteiger partial charge >= 0.3 is 0 Å². The van der Waals surface area contributed by atoms with Gasteiger partial charge in [-0.15, -0.1) is 0 Å². The molecule has 88 valence electrons. The average Bonchev–Trinajstić information content (AvgIpc) is 2.30. The summed E-state index contributed by atoms with van der Waals surface area (Å²) in [6, 6.07) is -0.407. The molecule has 16 heavy (non-hydrogen) atoms. The van der Waals surface area contributed by atoms with Crippen LogP contribution in [0.4, 0.5) is 5.95 Å². The summed E-state index contributed by atoms with van der Waals surface area (Å²) in [6.07, 6.45) is 1.56. The van der Waals surface area contributed by atoms with Gasteiger partial charge in [-0.2, -0.15) is 4.98 Å². The Hall–Kier alpha value is -1.37. The standard InChI is InChI=1S/C9H13BrN4O2/c1-5(7(15)11-2)13-9-12-4-6(10)8(14-9)16-3/h4-5H,1-3H3,(H,11,15)(H,12,13,14). The van der Waals surface area contributed by atoms with Crippen LogP contribution in [0.15, 0.2) is 10.7 Å². The molecule has 0 saturated heterocycles. The Morgan fingerprint density at radius 1 is 1.62 bits per heavy atom. The van der Waals surface area contributed by atoms with E-state index in [1.807, 2.05) is 0 Å².